The number of halogens is 1. The molecule has 2 aromatic carbocycles. The van der Waals surface area contributed by atoms with Gasteiger partial charge in [0.25, 0.3) is 0 Å². The molecule has 0 fully saturated rings. The molecule has 0 aliphatic heterocycles. The Morgan fingerprint density at radius 1 is 1.05 bits per heavy atom. The second-order valence-corrected chi connectivity index (χ2v) is 4.91. The van der Waals surface area contributed by atoms with E-state index in [2.05, 4.69) is 24.4 Å². The van der Waals surface area contributed by atoms with Gasteiger partial charge in [-0.2, -0.15) is 0 Å². The molecule has 1 unspecified atom stereocenters. The molecule has 0 heterocycles. The smallest absolute Gasteiger partial charge is 0.126 e. The molecule has 2 rings (SSSR count). The molecule has 2 aromatic rings. The highest BCUT2D eigenvalue weighted by molar-refractivity contribution is 5.30. The number of aryl methyl sites for hydroxylation is 1. The largest absolute Gasteiger partial charge is 0.319 e. The van der Waals surface area contributed by atoms with Crippen molar-refractivity contribution in [2.75, 3.05) is 13.6 Å². The van der Waals surface area contributed by atoms with Crippen LogP contribution in [0, 0.1) is 12.7 Å². The van der Waals surface area contributed by atoms with E-state index in [9.17, 15) is 4.39 Å². The van der Waals surface area contributed by atoms with E-state index in [1.165, 1.54) is 17.2 Å². The van der Waals surface area contributed by atoms with Gasteiger partial charge < -0.3 is 5.32 Å². The van der Waals surface area contributed by atoms with Crippen LogP contribution in [0.5, 0.6) is 0 Å². The average Bonchev–Trinajstić information content (AvgIpc) is 2.41. The molecule has 0 radical (unpaired) electrons. The molecule has 1 N–H and O–H groups in total. The zero-order valence-corrected chi connectivity index (χ0v) is 11.5. The number of rotatable bonds is 5. The third-order valence-electron chi connectivity index (χ3n) is 3.52. The first-order valence-corrected chi connectivity index (χ1v) is 6.66. The molecule has 0 saturated carbocycles. The highest BCUT2D eigenvalue weighted by atomic mass is 19.1. The summed E-state index contributed by atoms with van der Waals surface area (Å²) >= 11 is 0. The van der Waals surface area contributed by atoms with E-state index < -0.39 is 0 Å². The van der Waals surface area contributed by atoms with Gasteiger partial charge in [-0.15, -0.1) is 0 Å². The lowest BCUT2D eigenvalue weighted by molar-refractivity contribution is 0.556. The predicted octanol–water partition coefficient (Wildman–Crippen LogP) is 3.68. The summed E-state index contributed by atoms with van der Waals surface area (Å²) in [6.07, 6.45) is 0.856. The summed E-state index contributed by atoms with van der Waals surface area (Å²) in [4.78, 5) is 0. The first-order chi connectivity index (χ1) is 9.22. The fourth-order valence-electron chi connectivity index (χ4n) is 2.45. The number of benzene rings is 2. The van der Waals surface area contributed by atoms with E-state index in [1.807, 2.05) is 31.3 Å². The van der Waals surface area contributed by atoms with Gasteiger partial charge in [0.05, 0.1) is 0 Å². The van der Waals surface area contributed by atoms with E-state index in [-0.39, 0.29) is 11.7 Å². The zero-order valence-electron chi connectivity index (χ0n) is 11.5. The van der Waals surface area contributed by atoms with Crippen LogP contribution in [-0.2, 0) is 6.42 Å². The fourth-order valence-corrected chi connectivity index (χ4v) is 2.45. The van der Waals surface area contributed by atoms with Crippen molar-refractivity contribution in [3.8, 4) is 0 Å². The molecule has 1 nitrogen and oxygen atoms in total. The van der Waals surface area contributed by atoms with Crippen molar-refractivity contribution in [2.24, 2.45) is 0 Å². The topological polar surface area (TPSA) is 12.0 Å². The van der Waals surface area contributed by atoms with Crippen LogP contribution in [0.1, 0.15) is 22.6 Å². The van der Waals surface area contributed by atoms with Crippen molar-refractivity contribution in [1.82, 2.24) is 5.32 Å². The molecular formula is C17H20FN. The Hall–Kier alpha value is -1.67. The van der Waals surface area contributed by atoms with Crippen LogP contribution in [-0.4, -0.2) is 13.6 Å². The summed E-state index contributed by atoms with van der Waals surface area (Å²) in [7, 11) is 1.91. The molecule has 0 bridgehead atoms. The lowest BCUT2D eigenvalue weighted by Crippen LogP contribution is -2.20. The van der Waals surface area contributed by atoms with Gasteiger partial charge in [0.1, 0.15) is 5.82 Å². The van der Waals surface area contributed by atoms with Crippen molar-refractivity contribution < 1.29 is 4.39 Å². The van der Waals surface area contributed by atoms with Crippen molar-refractivity contribution in [2.45, 2.75) is 19.3 Å². The van der Waals surface area contributed by atoms with Gasteiger partial charge in [0, 0.05) is 12.5 Å². The molecule has 1 atom stereocenters. The van der Waals surface area contributed by atoms with Crippen molar-refractivity contribution >= 4 is 0 Å². The Kier molecular flexibility index (Phi) is 4.69. The highest BCUT2D eigenvalue weighted by Crippen LogP contribution is 2.24. The van der Waals surface area contributed by atoms with E-state index in [4.69, 9.17) is 0 Å². The molecule has 0 aliphatic rings. The van der Waals surface area contributed by atoms with Gasteiger partial charge in [0.15, 0.2) is 0 Å². The van der Waals surface area contributed by atoms with E-state index in [1.54, 1.807) is 6.07 Å². The molecule has 0 spiro atoms. The summed E-state index contributed by atoms with van der Waals surface area (Å²) in [5.41, 5.74) is 3.34. The van der Waals surface area contributed by atoms with Crippen LogP contribution < -0.4 is 5.32 Å². The average molecular weight is 257 g/mol. The van der Waals surface area contributed by atoms with Crippen molar-refractivity contribution in [3.05, 3.63) is 71.0 Å². The lowest BCUT2D eigenvalue weighted by Gasteiger charge is -2.19. The third kappa shape index (κ3) is 3.42. The maximum Gasteiger partial charge on any atom is 0.126 e. The first-order valence-electron chi connectivity index (χ1n) is 6.66. The van der Waals surface area contributed by atoms with Gasteiger partial charge in [-0.05, 0) is 43.1 Å². The van der Waals surface area contributed by atoms with E-state index >= 15 is 0 Å². The normalized spacial score (nSPS) is 12.4. The Bertz CT molecular complexity index is 536. The first kappa shape index (κ1) is 13.8. The molecule has 19 heavy (non-hydrogen) atoms. The SMILES string of the molecule is CNCC(Cc1ccccc1C)c1ccccc1F. The van der Waals surface area contributed by atoms with Crippen LogP contribution >= 0.6 is 0 Å². The molecule has 0 saturated heterocycles. The standard InChI is InChI=1S/C17H20FN/c1-13-7-3-4-8-14(13)11-15(12-19-2)16-9-5-6-10-17(16)18/h3-10,15,19H,11-12H2,1-2H3. The minimum Gasteiger partial charge on any atom is -0.319 e. The Morgan fingerprint density at radius 3 is 2.42 bits per heavy atom. The van der Waals surface area contributed by atoms with Gasteiger partial charge in [0.2, 0.25) is 0 Å². The molecular weight excluding hydrogens is 237 g/mol. The Labute approximate surface area is 114 Å². The van der Waals surface area contributed by atoms with Crippen LogP contribution in [0.3, 0.4) is 0 Å². The zero-order chi connectivity index (χ0) is 13.7. The Balaban J connectivity index is 2.27. The van der Waals surface area contributed by atoms with Crippen LogP contribution in [0.2, 0.25) is 0 Å². The predicted molar refractivity (Wildman–Crippen MR) is 78.0 cm³/mol. The highest BCUT2D eigenvalue weighted by Gasteiger charge is 2.16. The van der Waals surface area contributed by atoms with Crippen molar-refractivity contribution in [1.29, 1.82) is 0 Å². The van der Waals surface area contributed by atoms with Gasteiger partial charge in [-0.25, -0.2) is 4.39 Å². The summed E-state index contributed by atoms with van der Waals surface area (Å²) in [6, 6.07) is 15.4. The number of likely N-dealkylation sites (N-methyl/N-ethyl adjacent to an activating group) is 1. The fraction of sp³-hybridized carbons (Fsp3) is 0.294. The lowest BCUT2D eigenvalue weighted by atomic mass is 9.90. The quantitative estimate of drug-likeness (QED) is 0.861. The number of nitrogens with one attached hydrogen (secondary N) is 1. The second-order valence-electron chi connectivity index (χ2n) is 4.91. The second kappa shape index (κ2) is 6.48. The molecule has 100 valence electrons. The molecule has 0 aromatic heterocycles. The molecule has 2 heteroatoms. The minimum atomic E-state index is -0.115. The van der Waals surface area contributed by atoms with Gasteiger partial charge in [-0.1, -0.05) is 42.5 Å². The minimum absolute atomic E-state index is 0.115. The number of hydrogen-bond acceptors (Lipinski definition) is 1. The maximum atomic E-state index is 13.9. The van der Waals surface area contributed by atoms with E-state index in [0.717, 1.165) is 18.5 Å². The third-order valence-corrected chi connectivity index (χ3v) is 3.52. The van der Waals surface area contributed by atoms with Crippen LogP contribution in [0.25, 0.3) is 0 Å². The van der Waals surface area contributed by atoms with Gasteiger partial charge in [-0.3, -0.25) is 0 Å². The summed E-state index contributed by atoms with van der Waals surface area (Å²) in [6.45, 7) is 2.88. The summed E-state index contributed by atoms with van der Waals surface area (Å²) in [5, 5.41) is 3.17. The van der Waals surface area contributed by atoms with E-state index in [0.29, 0.717) is 0 Å². The van der Waals surface area contributed by atoms with Crippen molar-refractivity contribution in [3.63, 3.8) is 0 Å². The van der Waals surface area contributed by atoms with Crippen LogP contribution in [0.15, 0.2) is 48.5 Å². The summed E-state index contributed by atoms with van der Waals surface area (Å²) < 4.78 is 13.9. The monoisotopic (exact) mass is 257 g/mol. The Morgan fingerprint density at radius 2 is 1.74 bits per heavy atom. The molecule has 0 amide bonds. The van der Waals surface area contributed by atoms with Gasteiger partial charge >= 0.3 is 0 Å². The molecule has 0 aliphatic carbocycles. The number of hydrogen-bond donors (Lipinski definition) is 1. The summed E-state index contributed by atoms with van der Waals surface area (Å²) in [5.74, 6) is 0.0450. The van der Waals surface area contributed by atoms with Crippen LogP contribution in [0.4, 0.5) is 4.39 Å². The maximum absolute atomic E-state index is 13.9.